The van der Waals surface area contributed by atoms with Crippen molar-refractivity contribution in [3.05, 3.63) is 63.9 Å². The molecule has 0 aliphatic rings. The summed E-state index contributed by atoms with van der Waals surface area (Å²) in [5, 5.41) is 9.26. The number of rotatable bonds is 4. The number of hydrogen-bond donors (Lipinski definition) is 0. The minimum Gasteiger partial charge on any atom is -0.497 e. The molecule has 2 aromatic rings. The van der Waals surface area contributed by atoms with E-state index < -0.39 is 17.5 Å². The van der Waals surface area contributed by atoms with Crippen molar-refractivity contribution in [2.45, 2.75) is 5.92 Å². The number of ketones is 1. The molecule has 0 bridgehead atoms. The fourth-order valence-corrected chi connectivity index (χ4v) is 2.37. The molecule has 5 heteroatoms. The maximum Gasteiger partial charge on any atom is 0.187 e. The van der Waals surface area contributed by atoms with Gasteiger partial charge in [0.2, 0.25) is 0 Å². The fraction of sp³-hybridized carbons (Fsp3) is 0.125. The van der Waals surface area contributed by atoms with Gasteiger partial charge in [0, 0.05) is 10.5 Å². The molecule has 106 valence electrons. The highest BCUT2D eigenvalue weighted by atomic mass is 79.9. The molecule has 0 aliphatic carbocycles. The number of ether oxygens (including phenoxy) is 1. The second-order valence-corrected chi connectivity index (χ2v) is 5.24. The quantitative estimate of drug-likeness (QED) is 0.782. The Hall–Kier alpha value is -2.19. The molecule has 0 aliphatic heterocycles. The van der Waals surface area contributed by atoms with E-state index in [9.17, 15) is 14.4 Å². The van der Waals surface area contributed by atoms with Gasteiger partial charge in [-0.2, -0.15) is 5.26 Å². The molecule has 3 nitrogen and oxygen atoms in total. The first-order valence-corrected chi connectivity index (χ1v) is 6.89. The highest BCUT2D eigenvalue weighted by molar-refractivity contribution is 9.10. The van der Waals surface area contributed by atoms with Gasteiger partial charge < -0.3 is 4.74 Å². The second kappa shape index (κ2) is 6.51. The number of methoxy groups -OCH3 is 1. The molecule has 0 amide bonds. The zero-order chi connectivity index (χ0) is 15.4. The van der Waals surface area contributed by atoms with Gasteiger partial charge in [0.1, 0.15) is 17.5 Å². The minimum atomic E-state index is -1.05. The Morgan fingerprint density at radius 2 is 2.10 bits per heavy atom. The average Bonchev–Trinajstić information content (AvgIpc) is 2.47. The van der Waals surface area contributed by atoms with Gasteiger partial charge in [-0.15, -0.1) is 0 Å². The molecule has 2 rings (SSSR count). The highest BCUT2D eigenvalue weighted by Gasteiger charge is 2.24. The fourth-order valence-electron chi connectivity index (χ4n) is 1.95. The van der Waals surface area contributed by atoms with Crippen LogP contribution >= 0.6 is 15.9 Å². The van der Waals surface area contributed by atoms with E-state index >= 15 is 0 Å². The average molecular weight is 348 g/mol. The van der Waals surface area contributed by atoms with Gasteiger partial charge in [-0.3, -0.25) is 4.79 Å². The van der Waals surface area contributed by atoms with E-state index in [1.165, 1.54) is 19.2 Å². The molecule has 0 aromatic heterocycles. The third-order valence-electron chi connectivity index (χ3n) is 3.02. The smallest absolute Gasteiger partial charge is 0.187 e. The molecule has 0 heterocycles. The molecule has 2 aromatic carbocycles. The Morgan fingerprint density at radius 1 is 1.33 bits per heavy atom. The number of hydrogen-bond acceptors (Lipinski definition) is 3. The lowest BCUT2D eigenvalue weighted by Crippen LogP contribution is -2.13. The molecule has 0 radical (unpaired) electrons. The topological polar surface area (TPSA) is 50.1 Å². The highest BCUT2D eigenvalue weighted by Crippen LogP contribution is 2.26. The lowest BCUT2D eigenvalue weighted by atomic mass is 9.91. The van der Waals surface area contributed by atoms with Crippen molar-refractivity contribution in [2.24, 2.45) is 0 Å². The first-order valence-electron chi connectivity index (χ1n) is 6.09. The van der Waals surface area contributed by atoms with E-state index in [0.29, 0.717) is 11.3 Å². The van der Waals surface area contributed by atoms with Crippen molar-refractivity contribution in [3.8, 4) is 11.8 Å². The molecule has 21 heavy (non-hydrogen) atoms. The van der Waals surface area contributed by atoms with Crippen LogP contribution in [0.2, 0.25) is 0 Å². The van der Waals surface area contributed by atoms with Gasteiger partial charge >= 0.3 is 0 Å². The Balaban J connectivity index is 2.40. The summed E-state index contributed by atoms with van der Waals surface area (Å²) in [6.07, 6.45) is 0. The lowest BCUT2D eigenvalue weighted by Gasteiger charge is -2.10. The summed E-state index contributed by atoms with van der Waals surface area (Å²) in [6.45, 7) is 0. The Morgan fingerprint density at radius 3 is 2.67 bits per heavy atom. The normalized spacial score (nSPS) is 11.5. The summed E-state index contributed by atoms with van der Waals surface area (Å²) in [5.74, 6) is -2.00. The van der Waals surface area contributed by atoms with Crippen molar-refractivity contribution in [1.29, 1.82) is 5.26 Å². The number of nitriles is 1. The Bertz CT molecular complexity index is 724. The number of carbonyl (C=O) groups excluding carboxylic acids is 1. The number of Topliss-reactive ketones (excluding diaryl/α,β-unsaturated/α-hetero) is 1. The number of nitrogens with zero attached hydrogens (tertiary/aromatic N) is 1. The van der Waals surface area contributed by atoms with Gasteiger partial charge in [0.15, 0.2) is 5.78 Å². The van der Waals surface area contributed by atoms with E-state index in [2.05, 4.69) is 15.9 Å². The standard InChI is InChI=1S/C16H11BrFNO2/c1-21-12-5-6-13(15(18)8-12)16(20)14(9-19)10-3-2-4-11(17)7-10/h2-8,14H,1H3. The number of halogens is 2. The van der Waals surface area contributed by atoms with Crippen molar-refractivity contribution >= 4 is 21.7 Å². The van der Waals surface area contributed by atoms with E-state index in [4.69, 9.17) is 4.74 Å². The minimum absolute atomic E-state index is 0.123. The van der Waals surface area contributed by atoms with Gasteiger partial charge in [0.05, 0.1) is 18.7 Å². The van der Waals surface area contributed by atoms with Crippen molar-refractivity contribution in [2.75, 3.05) is 7.11 Å². The van der Waals surface area contributed by atoms with Crippen molar-refractivity contribution < 1.29 is 13.9 Å². The third-order valence-corrected chi connectivity index (χ3v) is 3.51. The van der Waals surface area contributed by atoms with Crippen LogP contribution in [0.15, 0.2) is 46.9 Å². The monoisotopic (exact) mass is 347 g/mol. The molecule has 0 N–H and O–H groups in total. The zero-order valence-electron chi connectivity index (χ0n) is 11.1. The number of benzene rings is 2. The molecule has 0 spiro atoms. The zero-order valence-corrected chi connectivity index (χ0v) is 12.7. The first kappa shape index (κ1) is 15.2. The van der Waals surface area contributed by atoms with Crippen LogP contribution in [-0.4, -0.2) is 12.9 Å². The largest absolute Gasteiger partial charge is 0.497 e. The summed E-state index contributed by atoms with van der Waals surface area (Å²) in [5.41, 5.74) is 0.398. The van der Waals surface area contributed by atoms with E-state index in [0.717, 1.165) is 10.5 Å². The molecule has 0 fully saturated rings. The van der Waals surface area contributed by atoms with Crippen molar-refractivity contribution in [1.82, 2.24) is 0 Å². The molecular formula is C16H11BrFNO2. The van der Waals surface area contributed by atoms with Gasteiger partial charge in [-0.25, -0.2) is 4.39 Å². The van der Waals surface area contributed by atoms with Crippen LogP contribution in [0, 0.1) is 17.1 Å². The van der Waals surface area contributed by atoms with Crippen LogP contribution in [0.1, 0.15) is 21.8 Å². The maximum absolute atomic E-state index is 14.0. The predicted molar refractivity (Wildman–Crippen MR) is 79.8 cm³/mol. The molecule has 1 unspecified atom stereocenters. The molecule has 1 atom stereocenters. The predicted octanol–water partition coefficient (Wildman–Crippen LogP) is 4.09. The summed E-state index contributed by atoms with van der Waals surface area (Å²) >= 11 is 3.29. The van der Waals surface area contributed by atoms with Gasteiger partial charge in [0.25, 0.3) is 0 Å². The Labute approximate surface area is 130 Å². The van der Waals surface area contributed by atoms with Crippen LogP contribution in [0.5, 0.6) is 5.75 Å². The first-order chi connectivity index (χ1) is 10.1. The molecule has 0 saturated heterocycles. The SMILES string of the molecule is COc1ccc(C(=O)C(C#N)c2cccc(Br)c2)c(F)c1. The molecule has 0 saturated carbocycles. The van der Waals surface area contributed by atoms with E-state index in [1.54, 1.807) is 24.3 Å². The third kappa shape index (κ3) is 3.29. The van der Waals surface area contributed by atoms with Crippen LogP contribution in [0.4, 0.5) is 4.39 Å². The maximum atomic E-state index is 14.0. The van der Waals surface area contributed by atoms with E-state index in [1.807, 2.05) is 6.07 Å². The van der Waals surface area contributed by atoms with Crippen LogP contribution in [0.3, 0.4) is 0 Å². The summed E-state index contributed by atoms with van der Waals surface area (Å²) in [6, 6.07) is 12.7. The lowest BCUT2D eigenvalue weighted by molar-refractivity contribution is 0.0975. The van der Waals surface area contributed by atoms with Crippen molar-refractivity contribution in [3.63, 3.8) is 0 Å². The Kier molecular flexibility index (Phi) is 4.71. The summed E-state index contributed by atoms with van der Waals surface area (Å²) in [7, 11) is 1.41. The summed E-state index contributed by atoms with van der Waals surface area (Å²) in [4.78, 5) is 12.4. The molecular weight excluding hydrogens is 337 g/mol. The van der Waals surface area contributed by atoms with Crippen LogP contribution < -0.4 is 4.74 Å². The van der Waals surface area contributed by atoms with E-state index in [-0.39, 0.29) is 5.56 Å². The van der Waals surface area contributed by atoms with Crippen LogP contribution in [-0.2, 0) is 0 Å². The van der Waals surface area contributed by atoms with Gasteiger partial charge in [-0.05, 0) is 29.8 Å². The second-order valence-electron chi connectivity index (χ2n) is 4.33. The summed E-state index contributed by atoms with van der Waals surface area (Å²) < 4.78 is 19.6. The van der Waals surface area contributed by atoms with Crippen LogP contribution in [0.25, 0.3) is 0 Å². The van der Waals surface area contributed by atoms with Gasteiger partial charge in [-0.1, -0.05) is 28.1 Å². The number of carbonyl (C=O) groups is 1.